The average Bonchev–Trinajstić information content (AvgIpc) is 2.97. The first kappa shape index (κ1) is 14.1. The summed E-state index contributed by atoms with van der Waals surface area (Å²) < 4.78 is 0. The largest absolute Gasteiger partial charge is 0.328 e. The Morgan fingerprint density at radius 2 is 1.55 bits per heavy atom. The Bertz CT molecular complexity index is 398. The summed E-state index contributed by atoms with van der Waals surface area (Å²) in [4.78, 5) is 5.21. The van der Waals surface area contributed by atoms with E-state index >= 15 is 0 Å². The number of piperidine rings is 1. The van der Waals surface area contributed by atoms with Gasteiger partial charge >= 0.3 is 0 Å². The van der Waals surface area contributed by atoms with Gasteiger partial charge in [0, 0.05) is 25.7 Å². The van der Waals surface area contributed by atoms with Gasteiger partial charge < -0.3 is 15.5 Å². The van der Waals surface area contributed by atoms with Crippen molar-refractivity contribution in [1.82, 2.24) is 9.80 Å². The van der Waals surface area contributed by atoms with E-state index in [1.165, 1.54) is 64.1 Å². The van der Waals surface area contributed by atoms with Crippen molar-refractivity contribution in [2.75, 3.05) is 39.3 Å². The quantitative estimate of drug-likeness (QED) is 0.909. The molecule has 2 fully saturated rings. The van der Waals surface area contributed by atoms with Gasteiger partial charge in [-0.2, -0.15) is 0 Å². The van der Waals surface area contributed by atoms with Crippen molar-refractivity contribution in [3.05, 3.63) is 35.9 Å². The van der Waals surface area contributed by atoms with E-state index in [1.54, 1.807) is 0 Å². The smallest absolute Gasteiger partial charge is 0.0110 e. The molecule has 0 saturated carbocycles. The number of rotatable bonds is 4. The summed E-state index contributed by atoms with van der Waals surface area (Å²) in [6.45, 7) is 7.31. The van der Waals surface area contributed by atoms with Crippen LogP contribution in [0.15, 0.2) is 30.3 Å². The van der Waals surface area contributed by atoms with Crippen LogP contribution < -0.4 is 5.73 Å². The zero-order valence-corrected chi connectivity index (χ0v) is 12.4. The van der Waals surface area contributed by atoms with Crippen LogP contribution >= 0.6 is 0 Å². The fraction of sp³-hybridized carbons (Fsp3) is 0.647. The van der Waals surface area contributed by atoms with Crippen LogP contribution in [0, 0.1) is 0 Å². The third kappa shape index (κ3) is 3.60. The number of benzene rings is 1. The first-order chi connectivity index (χ1) is 9.81. The summed E-state index contributed by atoms with van der Waals surface area (Å²) in [7, 11) is 0. The lowest BCUT2D eigenvalue weighted by atomic mass is 9.99. The van der Waals surface area contributed by atoms with Gasteiger partial charge in [0.25, 0.3) is 0 Å². The van der Waals surface area contributed by atoms with Crippen molar-refractivity contribution in [3.63, 3.8) is 0 Å². The number of nitrogens with two attached hydrogens (primary N) is 1. The molecule has 2 N–H and O–H groups in total. The van der Waals surface area contributed by atoms with Crippen molar-refractivity contribution in [2.24, 2.45) is 5.73 Å². The minimum Gasteiger partial charge on any atom is -0.328 e. The van der Waals surface area contributed by atoms with Crippen LogP contribution in [0.4, 0.5) is 0 Å². The third-order valence-electron chi connectivity index (χ3n) is 4.91. The SMILES string of the molecule is NC1CCN(CCN2CCC(c3ccccc3)C2)CC1. The molecule has 2 aliphatic rings. The fourth-order valence-corrected chi connectivity index (χ4v) is 3.49. The molecule has 0 amide bonds. The van der Waals surface area contributed by atoms with Crippen LogP contribution in [-0.2, 0) is 0 Å². The number of hydrogen-bond donors (Lipinski definition) is 1. The first-order valence-corrected chi connectivity index (χ1v) is 8.06. The van der Waals surface area contributed by atoms with E-state index in [9.17, 15) is 0 Å². The van der Waals surface area contributed by atoms with Crippen molar-refractivity contribution in [3.8, 4) is 0 Å². The summed E-state index contributed by atoms with van der Waals surface area (Å²) in [5.74, 6) is 0.742. The van der Waals surface area contributed by atoms with E-state index in [1.807, 2.05) is 0 Å². The molecular formula is C17H27N3. The summed E-state index contributed by atoms with van der Waals surface area (Å²) in [5.41, 5.74) is 7.47. The van der Waals surface area contributed by atoms with Gasteiger partial charge in [-0.1, -0.05) is 30.3 Å². The molecule has 3 rings (SSSR count). The highest BCUT2D eigenvalue weighted by Crippen LogP contribution is 2.26. The number of likely N-dealkylation sites (tertiary alicyclic amines) is 2. The van der Waals surface area contributed by atoms with Crippen molar-refractivity contribution >= 4 is 0 Å². The lowest BCUT2D eigenvalue weighted by Gasteiger charge is -2.31. The van der Waals surface area contributed by atoms with E-state index in [0.29, 0.717) is 6.04 Å². The zero-order valence-electron chi connectivity index (χ0n) is 12.4. The third-order valence-corrected chi connectivity index (χ3v) is 4.91. The van der Waals surface area contributed by atoms with Gasteiger partial charge in [-0.15, -0.1) is 0 Å². The molecule has 1 unspecified atom stereocenters. The van der Waals surface area contributed by atoms with E-state index in [4.69, 9.17) is 5.73 Å². The Kier molecular flexibility index (Phi) is 4.71. The summed E-state index contributed by atoms with van der Waals surface area (Å²) >= 11 is 0. The van der Waals surface area contributed by atoms with Crippen molar-refractivity contribution in [2.45, 2.75) is 31.2 Å². The molecule has 0 radical (unpaired) electrons. The first-order valence-electron chi connectivity index (χ1n) is 8.06. The monoisotopic (exact) mass is 273 g/mol. The van der Waals surface area contributed by atoms with Crippen molar-refractivity contribution in [1.29, 1.82) is 0 Å². The zero-order chi connectivity index (χ0) is 13.8. The molecule has 0 spiro atoms. The second-order valence-corrected chi connectivity index (χ2v) is 6.38. The lowest BCUT2D eigenvalue weighted by molar-refractivity contribution is 0.185. The summed E-state index contributed by atoms with van der Waals surface area (Å²) in [6, 6.07) is 11.4. The molecule has 20 heavy (non-hydrogen) atoms. The molecule has 1 aromatic carbocycles. The second-order valence-electron chi connectivity index (χ2n) is 6.38. The van der Waals surface area contributed by atoms with Gasteiger partial charge in [-0.05, 0) is 50.4 Å². The van der Waals surface area contributed by atoms with Gasteiger partial charge in [0.05, 0.1) is 0 Å². The van der Waals surface area contributed by atoms with Gasteiger partial charge in [0.2, 0.25) is 0 Å². The van der Waals surface area contributed by atoms with E-state index in [0.717, 1.165) is 5.92 Å². The Hall–Kier alpha value is -0.900. The maximum Gasteiger partial charge on any atom is 0.0110 e. The highest BCUT2D eigenvalue weighted by Gasteiger charge is 2.24. The predicted octanol–water partition coefficient (Wildman–Crippen LogP) is 1.90. The fourth-order valence-electron chi connectivity index (χ4n) is 3.49. The van der Waals surface area contributed by atoms with Crippen molar-refractivity contribution < 1.29 is 0 Å². The lowest BCUT2D eigenvalue weighted by Crippen LogP contribution is -2.42. The van der Waals surface area contributed by atoms with Gasteiger partial charge in [-0.3, -0.25) is 0 Å². The van der Waals surface area contributed by atoms with E-state index in [-0.39, 0.29) is 0 Å². The van der Waals surface area contributed by atoms with E-state index in [2.05, 4.69) is 40.1 Å². The standard InChI is InChI=1S/C17H27N3/c18-17-7-10-19(11-8-17)12-13-20-9-6-16(14-20)15-4-2-1-3-5-15/h1-5,16-17H,6-14,18H2. The Morgan fingerprint density at radius 3 is 2.30 bits per heavy atom. The second kappa shape index (κ2) is 6.70. The van der Waals surface area contributed by atoms with Crippen LogP contribution in [0.1, 0.15) is 30.7 Å². The molecular weight excluding hydrogens is 246 g/mol. The molecule has 3 heteroatoms. The van der Waals surface area contributed by atoms with Gasteiger partial charge in [0.1, 0.15) is 0 Å². The van der Waals surface area contributed by atoms with Crippen LogP contribution in [0.25, 0.3) is 0 Å². The predicted molar refractivity (Wildman–Crippen MR) is 83.9 cm³/mol. The van der Waals surface area contributed by atoms with Crippen LogP contribution in [0.3, 0.4) is 0 Å². The minimum atomic E-state index is 0.445. The summed E-state index contributed by atoms with van der Waals surface area (Å²) in [5, 5.41) is 0. The molecule has 0 aromatic heterocycles. The molecule has 2 saturated heterocycles. The molecule has 1 aromatic rings. The highest BCUT2D eigenvalue weighted by molar-refractivity contribution is 5.20. The molecule has 3 nitrogen and oxygen atoms in total. The van der Waals surface area contributed by atoms with E-state index < -0.39 is 0 Å². The molecule has 0 aliphatic carbocycles. The molecule has 1 atom stereocenters. The van der Waals surface area contributed by atoms with Crippen LogP contribution in [0.2, 0.25) is 0 Å². The Balaban J connectivity index is 1.42. The normalized spacial score (nSPS) is 26.1. The number of nitrogens with zero attached hydrogens (tertiary/aromatic N) is 2. The maximum atomic E-state index is 5.96. The Labute approximate surface area is 122 Å². The highest BCUT2D eigenvalue weighted by atomic mass is 15.2. The molecule has 2 heterocycles. The minimum absolute atomic E-state index is 0.445. The van der Waals surface area contributed by atoms with Gasteiger partial charge in [0.15, 0.2) is 0 Å². The van der Waals surface area contributed by atoms with Gasteiger partial charge in [-0.25, -0.2) is 0 Å². The topological polar surface area (TPSA) is 32.5 Å². The van der Waals surface area contributed by atoms with Crippen LogP contribution in [0.5, 0.6) is 0 Å². The van der Waals surface area contributed by atoms with Crippen LogP contribution in [-0.4, -0.2) is 55.1 Å². The molecule has 0 bridgehead atoms. The summed E-state index contributed by atoms with van der Waals surface area (Å²) in [6.07, 6.45) is 3.66. The molecule has 2 aliphatic heterocycles. The molecule has 110 valence electrons. The Morgan fingerprint density at radius 1 is 0.900 bits per heavy atom. The number of hydrogen-bond acceptors (Lipinski definition) is 3. The maximum absolute atomic E-state index is 5.96. The average molecular weight is 273 g/mol.